The SMILES string of the molecule is CC1(C)CC2C3=CCC4[C@@]5(C)C/C(=C\C=C\c6ccccc6)C(=O)C(C)(C)C5CC[C@@]4(C)[C@]3(C)CCC2(C(=O)O)[C@H](O)C1. The van der Waals surface area contributed by atoms with Crippen molar-refractivity contribution in [3.05, 3.63) is 65.3 Å². The van der Waals surface area contributed by atoms with Crippen LogP contribution < -0.4 is 0 Å². The van der Waals surface area contributed by atoms with Gasteiger partial charge in [0.1, 0.15) is 5.41 Å². The fourth-order valence-electron chi connectivity index (χ4n) is 11.7. The van der Waals surface area contributed by atoms with Gasteiger partial charge in [0.05, 0.1) is 6.10 Å². The smallest absolute Gasteiger partial charge is 0.312 e. The van der Waals surface area contributed by atoms with E-state index in [-0.39, 0.29) is 33.4 Å². The summed E-state index contributed by atoms with van der Waals surface area (Å²) < 4.78 is 0. The Morgan fingerprint density at radius 3 is 2.30 bits per heavy atom. The zero-order valence-corrected chi connectivity index (χ0v) is 27.4. The predicted octanol–water partition coefficient (Wildman–Crippen LogP) is 8.66. The van der Waals surface area contributed by atoms with Gasteiger partial charge < -0.3 is 10.2 Å². The Labute approximate surface area is 258 Å². The number of aliphatic hydroxyl groups excluding tert-OH is 1. The van der Waals surface area contributed by atoms with Gasteiger partial charge in [0.15, 0.2) is 5.78 Å². The molecule has 0 saturated heterocycles. The lowest BCUT2D eigenvalue weighted by atomic mass is 9.33. The van der Waals surface area contributed by atoms with E-state index in [1.54, 1.807) is 0 Å². The van der Waals surface area contributed by atoms with Crippen LogP contribution in [0.5, 0.6) is 0 Å². The number of carboxylic acid groups (broad SMARTS) is 1. The topological polar surface area (TPSA) is 74.6 Å². The lowest BCUT2D eigenvalue weighted by Gasteiger charge is -2.70. The molecule has 0 amide bonds. The lowest BCUT2D eigenvalue weighted by molar-refractivity contribution is -0.197. The van der Waals surface area contributed by atoms with Gasteiger partial charge in [0.25, 0.3) is 0 Å². The van der Waals surface area contributed by atoms with E-state index in [0.717, 1.165) is 49.7 Å². The van der Waals surface area contributed by atoms with E-state index in [0.29, 0.717) is 24.7 Å². The third kappa shape index (κ3) is 4.17. The lowest BCUT2D eigenvalue weighted by Crippen LogP contribution is -2.66. The minimum atomic E-state index is -1.09. The van der Waals surface area contributed by atoms with Crippen LogP contribution in [0, 0.1) is 50.2 Å². The van der Waals surface area contributed by atoms with E-state index >= 15 is 0 Å². The van der Waals surface area contributed by atoms with E-state index in [2.05, 4.69) is 78.8 Å². The highest BCUT2D eigenvalue weighted by atomic mass is 16.4. The molecule has 8 atom stereocenters. The van der Waals surface area contributed by atoms with Gasteiger partial charge >= 0.3 is 5.97 Å². The van der Waals surface area contributed by atoms with Gasteiger partial charge in [0, 0.05) is 5.41 Å². The maximum Gasteiger partial charge on any atom is 0.312 e. The molecule has 0 aliphatic heterocycles. The molecule has 0 bridgehead atoms. The molecule has 1 aromatic rings. The minimum Gasteiger partial charge on any atom is -0.481 e. The summed E-state index contributed by atoms with van der Waals surface area (Å²) >= 11 is 0. The monoisotopic (exact) mass is 584 g/mol. The molecule has 5 aliphatic carbocycles. The van der Waals surface area contributed by atoms with E-state index in [4.69, 9.17) is 0 Å². The molecule has 0 spiro atoms. The van der Waals surface area contributed by atoms with Crippen LogP contribution in [-0.2, 0) is 9.59 Å². The third-order valence-corrected chi connectivity index (χ3v) is 14.0. The minimum absolute atomic E-state index is 0.0129. The first-order chi connectivity index (χ1) is 20.0. The van der Waals surface area contributed by atoms with Gasteiger partial charge in [-0.25, -0.2) is 0 Å². The molecule has 5 aliphatic rings. The summed E-state index contributed by atoms with van der Waals surface area (Å²) in [5.74, 6) is 0.0136. The van der Waals surface area contributed by atoms with Crippen LogP contribution in [-0.4, -0.2) is 28.1 Å². The standard InChI is InChI=1S/C39H52O4/c1-34(2)23-28-27-16-17-30-36(5)22-26(15-11-14-25-12-9-8-10-13-25)32(41)35(3,4)29(36)18-19-38(30,7)37(27,6)20-21-39(28,33(42)43)31(40)24-34/h8-16,28-31,40H,17-24H2,1-7H3,(H,42,43)/b14-11+,26-15+/t28?,29?,30?,31-,36+,37-,38-,39?/m1/s1. The van der Waals surface area contributed by atoms with Crippen LogP contribution >= 0.6 is 0 Å². The van der Waals surface area contributed by atoms with Crippen molar-refractivity contribution in [2.24, 2.45) is 50.2 Å². The van der Waals surface area contributed by atoms with E-state index in [9.17, 15) is 19.8 Å². The van der Waals surface area contributed by atoms with Crippen molar-refractivity contribution in [1.29, 1.82) is 0 Å². The second kappa shape index (κ2) is 9.77. The van der Waals surface area contributed by atoms with Crippen LogP contribution in [0.25, 0.3) is 6.08 Å². The Balaban J connectivity index is 1.41. The molecule has 4 nitrogen and oxygen atoms in total. The number of hydrogen-bond acceptors (Lipinski definition) is 3. The van der Waals surface area contributed by atoms with Gasteiger partial charge in [-0.05, 0) is 102 Å². The maximum absolute atomic E-state index is 14.0. The number of ketones is 1. The van der Waals surface area contributed by atoms with Crippen molar-refractivity contribution < 1.29 is 19.8 Å². The highest BCUT2D eigenvalue weighted by molar-refractivity contribution is 6.01. The molecule has 0 heterocycles. The number of hydrogen-bond donors (Lipinski definition) is 2. The van der Waals surface area contributed by atoms with Gasteiger partial charge in [-0.2, -0.15) is 0 Å². The van der Waals surface area contributed by atoms with Gasteiger partial charge in [0.2, 0.25) is 0 Å². The summed E-state index contributed by atoms with van der Waals surface area (Å²) in [6.45, 7) is 16.1. The fraction of sp³-hybridized carbons (Fsp3) is 0.641. The first-order valence-electron chi connectivity index (χ1n) is 16.6. The zero-order valence-electron chi connectivity index (χ0n) is 27.4. The normalized spacial score (nSPS) is 44.1. The van der Waals surface area contributed by atoms with Crippen molar-refractivity contribution >= 4 is 17.8 Å². The van der Waals surface area contributed by atoms with Crippen LogP contribution in [0.15, 0.2) is 59.7 Å². The molecule has 0 aromatic heterocycles. The number of aliphatic hydroxyl groups is 1. The third-order valence-electron chi connectivity index (χ3n) is 14.0. The summed E-state index contributed by atoms with van der Waals surface area (Å²) in [6.07, 6.45) is 14.2. The number of benzene rings is 1. The van der Waals surface area contributed by atoms with Gasteiger partial charge in [-0.1, -0.05) is 109 Å². The second-order valence-corrected chi connectivity index (χ2v) is 17.0. The van der Waals surface area contributed by atoms with Crippen LogP contribution in [0.2, 0.25) is 0 Å². The molecular formula is C39H52O4. The Bertz CT molecular complexity index is 1410. The molecular weight excluding hydrogens is 532 g/mol. The van der Waals surface area contributed by atoms with Crippen LogP contribution in [0.3, 0.4) is 0 Å². The molecule has 0 radical (unpaired) electrons. The number of Topliss-reactive ketones (excluding diaryl/α,β-unsaturated/α-hetero) is 1. The second-order valence-electron chi connectivity index (χ2n) is 17.0. The van der Waals surface area contributed by atoms with E-state index in [1.165, 1.54) is 5.57 Å². The first-order valence-corrected chi connectivity index (χ1v) is 16.6. The van der Waals surface area contributed by atoms with Crippen molar-refractivity contribution in [3.63, 3.8) is 0 Å². The van der Waals surface area contributed by atoms with Crippen LogP contribution in [0.4, 0.5) is 0 Å². The summed E-state index contributed by atoms with van der Waals surface area (Å²) in [5, 5.41) is 22.1. The number of aliphatic carboxylic acids is 1. The summed E-state index contributed by atoms with van der Waals surface area (Å²) in [7, 11) is 0. The maximum atomic E-state index is 14.0. The molecule has 4 unspecified atom stereocenters. The summed E-state index contributed by atoms with van der Waals surface area (Å²) in [4.78, 5) is 27.0. The number of allylic oxidation sites excluding steroid dienone is 5. The fourth-order valence-corrected chi connectivity index (χ4v) is 11.7. The average Bonchev–Trinajstić information content (AvgIpc) is 2.91. The van der Waals surface area contributed by atoms with Crippen molar-refractivity contribution in [3.8, 4) is 0 Å². The molecule has 4 heteroatoms. The molecule has 43 heavy (non-hydrogen) atoms. The first kappa shape index (κ1) is 30.6. The Morgan fingerprint density at radius 2 is 1.63 bits per heavy atom. The number of carboxylic acids is 1. The van der Waals surface area contributed by atoms with E-state index < -0.39 is 22.9 Å². The number of carbonyl (C=O) groups is 2. The van der Waals surface area contributed by atoms with Crippen molar-refractivity contribution in [2.45, 2.75) is 106 Å². The molecule has 232 valence electrons. The molecule has 6 rings (SSSR count). The van der Waals surface area contributed by atoms with Gasteiger partial charge in [-0.15, -0.1) is 0 Å². The van der Waals surface area contributed by atoms with Gasteiger partial charge in [-0.3, -0.25) is 9.59 Å². The zero-order chi connectivity index (χ0) is 31.2. The molecule has 4 fully saturated rings. The number of fused-ring (bicyclic) bond motifs is 7. The van der Waals surface area contributed by atoms with Crippen LogP contribution in [0.1, 0.15) is 105 Å². The Kier molecular flexibility index (Phi) is 6.94. The van der Waals surface area contributed by atoms with Crippen molar-refractivity contribution in [2.75, 3.05) is 0 Å². The van der Waals surface area contributed by atoms with E-state index in [1.807, 2.05) is 24.3 Å². The highest BCUT2D eigenvalue weighted by Gasteiger charge is 2.71. The summed E-state index contributed by atoms with van der Waals surface area (Å²) in [6, 6.07) is 10.2. The molecule has 2 N–H and O–H groups in total. The Hall–Kier alpha value is -2.46. The predicted molar refractivity (Wildman–Crippen MR) is 172 cm³/mol. The quantitative estimate of drug-likeness (QED) is 0.275. The molecule has 1 aromatic carbocycles. The summed E-state index contributed by atoms with van der Waals surface area (Å²) in [5.41, 5.74) is 1.54. The highest BCUT2D eigenvalue weighted by Crippen LogP contribution is 2.75. The number of rotatable bonds is 3. The largest absolute Gasteiger partial charge is 0.481 e. The number of carbonyl (C=O) groups excluding carboxylic acids is 1. The molecule has 4 saturated carbocycles. The Morgan fingerprint density at radius 1 is 0.930 bits per heavy atom. The average molecular weight is 585 g/mol. The van der Waals surface area contributed by atoms with Crippen molar-refractivity contribution in [1.82, 2.24) is 0 Å².